The molecule has 11 heteroatoms. The molecular formula is C17H15F3N4O2S2. The van der Waals surface area contributed by atoms with Crippen molar-refractivity contribution in [2.45, 2.75) is 24.0 Å². The first-order valence-electron chi connectivity index (χ1n) is 8.13. The number of hydrogen-bond acceptors (Lipinski definition) is 7. The molecule has 3 aromatic rings. The van der Waals surface area contributed by atoms with Crippen LogP contribution in [0, 0.1) is 0 Å². The Hall–Kier alpha value is -2.40. The number of benzene rings is 1. The molecule has 0 aliphatic carbocycles. The van der Waals surface area contributed by atoms with Crippen molar-refractivity contribution in [2.24, 2.45) is 7.05 Å². The molecule has 0 bridgehead atoms. The van der Waals surface area contributed by atoms with Gasteiger partial charge in [0.1, 0.15) is 9.88 Å². The molecule has 0 amide bonds. The van der Waals surface area contributed by atoms with Crippen molar-refractivity contribution < 1.29 is 22.7 Å². The van der Waals surface area contributed by atoms with Crippen molar-refractivity contribution in [1.29, 1.82) is 0 Å². The van der Waals surface area contributed by atoms with Crippen LogP contribution in [0.2, 0.25) is 0 Å². The van der Waals surface area contributed by atoms with Crippen LogP contribution in [-0.2, 0) is 23.7 Å². The van der Waals surface area contributed by atoms with Gasteiger partial charge in [-0.2, -0.15) is 13.2 Å². The van der Waals surface area contributed by atoms with Crippen molar-refractivity contribution in [2.75, 3.05) is 6.61 Å². The zero-order valence-corrected chi connectivity index (χ0v) is 16.5. The van der Waals surface area contributed by atoms with Crippen LogP contribution in [0.3, 0.4) is 0 Å². The molecular weight excluding hydrogens is 413 g/mol. The minimum atomic E-state index is -4.59. The maximum atomic E-state index is 12.9. The van der Waals surface area contributed by atoms with Gasteiger partial charge < -0.3 is 9.30 Å². The maximum Gasteiger partial charge on any atom is 0.451 e. The molecule has 2 aromatic heterocycles. The van der Waals surface area contributed by atoms with Gasteiger partial charge in [-0.3, -0.25) is 0 Å². The molecule has 0 radical (unpaired) electrons. The summed E-state index contributed by atoms with van der Waals surface area (Å²) in [5.41, 5.74) is 1.27. The van der Waals surface area contributed by atoms with Gasteiger partial charge in [0.2, 0.25) is 5.82 Å². The summed E-state index contributed by atoms with van der Waals surface area (Å²) in [4.78, 5) is 17.1. The van der Waals surface area contributed by atoms with E-state index in [0.29, 0.717) is 15.6 Å². The molecule has 0 fully saturated rings. The van der Waals surface area contributed by atoms with Gasteiger partial charge in [-0.15, -0.1) is 21.5 Å². The van der Waals surface area contributed by atoms with Crippen LogP contribution in [0.5, 0.6) is 0 Å². The quantitative estimate of drug-likeness (QED) is 0.427. The van der Waals surface area contributed by atoms with Gasteiger partial charge in [-0.25, -0.2) is 9.78 Å². The van der Waals surface area contributed by atoms with Crippen LogP contribution < -0.4 is 0 Å². The topological polar surface area (TPSA) is 69.9 Å². The van der Waals surface area contributed by atoms with Crippen LogP contribution in [0.1, 0.15) is 28.1 Å². The molecule has 0 saturated carbocycles. The molecule has 0 N–H and O–H groups in total. The second-order valence-corrected chi connectivity index (χ2v) is 7.47. The zero-order valence-electron chi connectivity index (χ0n) is 14.9. The number of thioether (sulfide) groups is 1. The average Bonchev–Trinajstić information content (AvgIpc) is 3.24. The molecule has 0 spiro atoms. The highest BCUT2D eigenvalue weighted by Crippen LogP contribution is 2.34. The molecule has 0 saturated heterocycles. The predicted octanol–water partition coefficient (Wildman–Crippen LogP) is 4.43. The van der Waals surface area contributed by atoms with Gasteiger partial charge in [0.25, 0.3) is 0 Å². The SMILES string of the molecule is CCOC(=O)c1sc(-c2ccccc2)nc1CSc1nnc(C(F)(F)F)n1C. The van der Waals surface area contributed by atoms with Crippen LogP contribution in [-0.4, -0.2) is 32.3 Å². The monoisotopic (exact) mass is 428 g/mol. The molecule has 28 heavy (non-hydrogen) atoms. The first-order valence-corrected chi connectivity index (χ1v) is 9.93. The van der Waals surface area contributed by atoms with Gasteiger partial charge in [-0.1, -0.05) is 42.1 Å². The van der Waals surface area contributed by atoms with E-state index >= 15 is 0 Å². The van der Waals surface area contributed by atoms with Crippen LogP contribution in [0.25, 0.3) is 10.6 Å². The molecule has 0 atom stereocenters. The van der Waals surface area contributed by atoms with Gasteiger partial charge in [0, 0.05) is 18.4 Å². The maximum absolute atomic E-state index is 12.9. The fourth-order valence-corrected chi connectivity index (χ4v) is 4.26. The number of thiazole rings is 1. The fourth-order valence-electron chi connectivity index (χ4n) is 2.33. The van der Waals surface area contributed by atoms with Crippen molar-refractivity contribution in [3.05, 3.63) is 46.7 Å². The Morgan fingerprint density at radius 2 is 1.96 bits per heavy atom. The van der Waals surface area contributed by atoms with E-state index in [9.17, 15) is 18.0 Å². The summed E-state index contributed by atoms with van der Waals surface area (Å²) in [6.45, 7) is 1.91. The number of carbonyl (C=O) groups is 1. The third-order valence-corrected chi connectivity index (χ3v) is 5.76. The molecule has 1 aromatic carbocycles. The molecule has 0 aliphatic rings. The first kappa shape index (κ1) is 20.3. The van der Waals surface area contributed by atoms with Crippen molar-refractivity contribution in [3.8, 4) is 10.6 Å². The minimum absolute atomic E-state index is 0.0800. The van der Waals surface area contributed by atoms with Crippen molar-refractivity contribution in [1.82, 2.24) is 19.7 Å². The second kappa shape index (κ2) is 8.31. The molecule has 148 valence electrons. The Morgan fingerprint density at radius 1 is 1.25 bits per heavy atom. The van der Waals surface area contributed by atoms with Gasteiger partial charge in [-0.05, 0) is 6.92 Å². The van der Waals surface area contributed by atoms with E-state index in [1.54, 1.807) is 6.92 Å². The minimum Gasteiger partial charge on any atom is -0.462 e. The Morgan fingerprint density at radius 3 is 2.57 bits per heavy atom. The number of aromatic nitrogens is 4. The van der Waals surface area contributed by atoms with E-state index in [0.717, 1.165) is 21.9 Å². The number of halogens is 3. The lowest BCUT2D eigenvalue weighted by Crippen LogP contribution is -2.13. The lowest BCUT2D eigenvalue weighted by atomic mass is 10.2. The number of nitrogens with zero attached hydrogens (tertiary/aromatic N) is 4. The van der Waals surface area contributed by atoms with E-state index in [-0.39, 0.29) is 17.5 Å². The molecule has 3 rings (SSSR count). The van der Waals surface area contributed by atoms with Crippen LogP contribution in [0.4, 0.5) is 13.2 Å². The average molecular weight is 428 g/mol. The zero-order chi connectivity index (χ0) is 20.3. The van der Waals surface area contributed by atoms with E-state index in [2.05, 4.69) is 15.2 Å². The summed E-state index contributed by atoms with van der Waals surface area (Å²) in [5, 5.41) is 7.50. The number of rotatable bonds is 6. The second-order valence-electron chi connectivity index (χ2n) is 5.53. The van der Waals surface area contributed by atoms with Crippen molar-refractivity contribution >= 4 is 29.1 Å². The summed E-state index contributed by atoms with van der Waals surface area (Å²) in [7, 11) is 1.24. The van der Waals surface area contributed by atoms with E-state index in [4.69, 9.17) is 4.74 Å². The van der Waals surface area contributed by atoms with Crippen LogP contribution >= 0.6 is 23.1 Å². The van der Waals surface area contributed by atoms with Crippen LogP contribution in [0.15, 0.2) is 35.5 Å². The van der Waals surface area contributed by atoms with Gasteiger partial charge >= 0.3 is 12.1 Å². The highest BCUT2D eigenvalue weighted by atomic mass is 32.2. The van der Waals surface area contributed by atoms with Gasteiger partial charge in [0.15, 0.2) is 5.16 Å². The Bertz CT molecular complexity index is 971. The van der Waals surface area contributed by atoms with Gasteiger partial charge in [0.05, 0.1) is 12.3 Å². The third kappa shape index (κ3) is 4.36. The summed E-state index contributed by atoms with van der Waals surface area (Å²) in [5.74, 6) is -1.43. The molecule has 0 unspecified atom stereocenters. The molecule has 0 aliphatic heterocycles. The highest BCUT2D eigenvalue weighted by molar-refractivity contribution is 7.98. The summed E-state index contributed by atoms with van der Waals surface area (Å²) in [6.07, 6.45) is -4.59. The van der Waals surface area contributed by atoms with E-state index < -0.39 is 18.0 Å². The third-order valence-electron chi connectivity index (χ3n) is 3.61. The molecule has 2 heterocycles. The van der Waals surface area contributed by atoms with E-state index in [1.165, 1.54) is 18.4 Å². The largest absolute Gasteiger partial charge is 0.462 e. The summed E-state index contributed by atoms with van der Waals surface area (Å²) < 4.78 is 44.6. The Balaban J connectivity index is 1.87. The summed E-state index contributed by atoms with van der Waals surface area (Å²) in [6, 6.07) is 9.30. The van der Waals surface area contributed by atoms with Crippen molar-refractivity contribution in [3.63, 3.8) is 0 Å². The normalized spacial score (nSPS) is 11.6. The lowest BCUT2D eigenvalue weighted by molar-refractivity contribution is -0.147. The first-order chi connectivity index (χ1) is 13.3. The fraction of sp³-hybridized carbons (Fsp3) is 0.294. The highest BCUT2D eigenvalue weighted by Gasteiger charge is 2.37. The number of carbonyl (C=O) groups excluding carboxylic acids is 1. The standard InChI is InChI=1S/C17H15F3N4O2S2/c1-3-26-14(25)12-11(21-13(28-12)10-7-5-4-6-8-10)9-27-16-23-22-15(24(16)2)17(18,19)20/h4-8H,3,9H2,1-2H3. The summed E-state index contributed by atoms with van der Waals surface area (Å²) >= 11 is 2.21. The smallest absolute Gasteiger partial charge is 0.451 e. The lowest BCUT2D eigenvalue weighted by Gasteiger charge is -2.06. The predicted molar refractivity (Wildman–Crippen MR) is 99.1 cm³/mol. The number of alkyl halides is 3. The Kier molecular flexibility index (Phi) is 6.04. The Labute approximate surface area is 166 Å². The molecule has 6 nitrogen and oxygen atoms in total. The van der Waals surface area contributed by atoms with E-state index in [1.807, 2.05) is 30.3 Å². The number of ether oxygens (including phenoxy) is 1. The number of hydrogen-bond donors (Lipinski definition) is 0. The number of esters is 1.